The van der Waals surface area contributed by atoms with Crippen molar-refractivity contribution in [2.24, 2.45) is 5.92 Å². The highest BCUT2D eigenvalue weighted by Gasteiger charge is 2.27. The van der Waals surface area contributed by atoms with Crippen LogP contribution in [0.3, 0.4) is 0 Å². The Labute approximate surface area is 93.7 Å². The molecule has 1 saturated heterocycles. The minimum absolute atomic E-state index is 0.0866. The van der Waals surface area contributed by atoms with Crippen molar-refractivity contribution in [2.45, 2.75) is 32.1 Å². The number of halogens is 2. The van der Waals surface area contributed by atoms with Gasteiger partial charge in [-0.3, -0.25) is 0 Å². The van der Waals surface area contributed by atoms with Gasteiger partial charge in [-0.2, -0.15) is 8.78 Å². The summed E-state index contributed by atoms with van der Waals surface area (Å²) in [7, 11) is 0. The van der Waals surface area contributed by atoms with E-state index in [0.717, 1.165) is 39.3 Å². The molecule has 0 radical (unpaired) electrons. The van der Waals surface area contributed by atoms with Crippen LogP contribution >= 0.6 is 0 Å². The number of imidazole rings is 1. The van der Waals surface area contributed by atoms with Gasteiger partial charge in [-0.15, -0.1) is 0 Å². The average molecular weight is 229 g/mol. The van der Waals surface area contributed by atoms with E-state index < -0.39 is 5.92 Å². The van der Waals surface area contributed by atoms with Crippen molar-refractivity contribution in [3.05, 3.63) is 17.7 Å². The molecule has 1 aromatic heterocycles. The summed E-state index contributed by atoms with van der Waals surface area (Å²) in [6, 6.07) is 0. The number of aromatic amines is 1. The van der Waals surface area contributed by atoms with Gasteiger partial charge >= 0.3 is 0 Å². The molecule has 0 saturated carbocycles. The Morgan fingerprint density at radius 3 is 2.69 bits per heavy atom. The van der Waals surface area contributed by atoms with Crippen molar-refractivity contribution in [3.63, 3.8) is 0 Å². The zero-order valence-corrected chi connectivity index (χ0v) is 9.39. The molecule has 0 aromatic carbocycles. The third-order valence-electron chi connectivity index (χ3n) is 3.04. The van der Waals surface area contributed by atoms with Gasteiger partial charge in [0.25, 0.3) is 5.92 Å². The normalized spacial score (nSPS) is 18.9. The van der Waals surface area contributed by atoms with Crippen LogP contribution < -0.4 is 5.32 Å². The monoisotopic (exact) mass is 229 g/mol. The molecular weight excluding hydrogens is 212 g/mol. The summed E-state index contributed by atoms with van der Waals surface area (Å²) in [5.41, 5.74) is -0.0866. The van der Waals surface area contributed by atoms with E-state index in [0.29, 0.717) is 11.7 Å². The van der Waals surface area contributed by atoms with Crippen LogP contribution in [-0.2, 0) is 12.3 Å². The largest absolute Gasteiger partial charge is 0.341 e. The number of hydrogen-bond acceptors (Lipinski definition) is 2. The zero-order chi connectivity index (χ0) is 11.6. The second kappa shape index (κ2) is 4.49. The number of nitrogens with zero attached hydrogens (tertiary/aromatic N) is 1. The molecule has 0 atom stereocenters. The molecular formula is C11H17F2N3. The first kappa shape index (κ1) is 11.5. The van der Waals surface area contributed by atoms with Crippen LogP contribution in [0.1, 0.15) is 31.3 Å². The van der Waals surface area contributed by atoms with Crippen molar-refractivity contribution >= 4 is 0 Å². The first-order valence-corrected chi connectivity index (χ1v) is 5.68. The topological polar surface area (TPSA) is 40.7 Å². The minimum Gasteiger partial charge on any atom is -0.341 e. The van der Waals surface area contributed by atoms with Crippen molar-refractivity contribution in [1.82, 2.24) is 15.3 Å². The van der Waals surface area contributed by atoms with Gasteiger partial charge < -0.3 is 10.3 Å². The molecule has 2 rings (SSSR count). The van der Waals surface area contributed by atoms with Gasteiger partial charge in [-0.1, -0.05) is 0 Å². The third-order valence-corrected chi connectivity index (χ3v) is 3.04. The molecule has 0 aliphatic carbocycles. The lowest BCUT2D eigenvalue weighted by Crippen LogP contribution is -2.28. The van der Waals surface area contributed by atoms with Gasteiger partial charge in [0.1, 0.15) is 11.5 Å². The number of nitrogens with one attached hydrogen (secondary N) is 2. The molecule has 90 valence electrons. The summed E-state index contributed by atoms with van der Waals surface area (Å²) < 4.78 is 25.9. The number of piperidine rings is 1. The minimum atomic E-state index is -2.82. The Balaban J connectivity index is 1.97. The lowest BCUT2D eigenvalue weighted by atomic mass is 9.94. The molecule has 1 aliphatic rings. The van der Waals surface area contributed by atoms with Crippen LogP contribution in [0.2, 0.25) is 0 Å². The van der Waals surface area contributed by atoms with Crippen molar-refractivity contribution in [1.29, 1.82) is 0 Å². The fourth-order valence-electron chi connectivity index (χ4n) is 2.05. The first-order valence-electron chi connectivity index (χ1n) is 5.68. The summed E-state index contributed by atoms with van der Waals surface area (Å²) in [6.45, 7) is 2.92. The van der Waals surface area contributed by atoms with Gasteiger partial charge in [0, 0.05) is 13.3 Å². The molecule has 0 bridgehead atoms. The third kappa shape index (κ3) is 2.78. The number of aromatic nitrogens is 2. The van der Waals surface area contributed by atoms with Gasteiger partial charge in [0.15, 0.2) is 0 Å². The van der Waals surface area contributed by atoms with Gasteiger partial charge in [-0.25, -0.2) is 4.98 Å². The molecule has 1 fully saturated rings. The van der Waals surface area contributed by atoms with Crippen LogP contribution in [0.25, 0.3) is 0 Å². The smallest absolute Gasteiger partial charge is 0.286 e. The highest BCUT2D eigenvalue weighted by Crippen LogP contribution is 2.25. The first-order chi connectivity index (χ1) is 7.55. The molecule has 1 aliphatic heterocycles. The molecule has 16 heavy (non-hydrogen) atoms. The predicted molar refractivity (Wildman–Crippen MR) is 57.5 cm³/mol. The van der Waals surface area contributed by atoms with E-state index in [1.807, 2.05) is 0 Å². The summed E-state index contributed by atoms with van der Waals surface area (Å²) in [5.74, 6) is -1.58. The zero-order valence-electron chi connectivity index (χ0n) is 9.39. The molecule has 2 heterocycles. The summed E-state index contributed by atoms with van der Waals surface area (Å²) in [5, 5.41) is 3.28. The van der Waals surface area contributed by atoms with Gasteiger partial charge in [0.2, 0.25) is 0 Å². The van der Waals surface area contributed by atoms with E-state index in [4.69, 9.17) is 0 Å². The van der Waals surface area contributed by atoms with Gasteiger partial charge in [0.05, 0.1) is 6.20 Å². The Morgan fingerprint density at radius 1 is 1.44 bits per heavy atom. The van der Waals surface area contributed by atoms with Crippen LogP contribution in [0.4, 0.5) is 8.78 Å². The van der Waals surface area contributed by atoms with E-state index in [2.05, 4.69) is 15.3 Å². The Bertz CT molecular complexity index is 337. The molecule has 5 heteroatoms. The van der Waals surface area contributed by atoms with Crippen LogP contribution in [0, 0.1) is 5.92 Å². The van der Waals surface area contributed by atoms with E-state index in [9.17, 15) is 8.78 Å². The maximum Gasteiger partial charge on any atom is 0.286 e. The van der Waals surface area contributed by atoms with Crippen molar-refractivity contribution in [2.75, 3.05) is 13.1 Å². The van der Waals surface area contributed by atoms with Crippen LogP contribution in [0.5, 0.6) is 0 Å². The summed E-state index contributed by atoms with van der Waals surface area (Å²) in [4.78, 5) is 6.74. The maximum absolute atomic E-state index is 13.0. The number of H-pyrrole nitrogens is 1. The maximum atomic E-state index is 13.0. The van der Waals surface area contributed by atoms with Gasteiger partial charge in [-0.05, 0) is 31.8 Å². The Hall–Kier alpha value is -0.970. The van der Waals surface area contributed by atoms with Crippen LogP contribution in [-0.4, -0.2) is 23.1 Å². The second-order valence-corrected chi connectivity index (χ2v) is 4.53. The Kier molecular flexibility index (Phi) is 3.23. The number of rotatable bonds is 3. The van der Waals surface area contributed by atoms with E-state index >= 15 is 0 Å². The summed E-state index contributed by atoms with van der Waals surface area (Å²) >= 11 is 0. The molecule has 0 unspecified atom stereocenters. The Morgan fingerprint density at radius 2 is 2.12 bits per heavy atom. The standard InChI is InChI=1S/C11H17F2N3/c1-11(12,13)9-7-15-10(16-9)6-8-2-4-14-5-3-8/h7-8,14H,2-6H2,1H3,(H,15,16). The lowest BCUT2D eigenvalue weighted by Gasteiger charge is -2.21. The number of hydrogen-bond donors (Lipinski definition) is 2. The molecule has 1 aromatic rings. The fourth-order valence-corrected chi connectivity index (χ4v) is 2.05. The average Bonchev–Trinajstić information content (AvgIpc) is 2.67. The highest BCUT2D eigenvalue weighted by atomic mass is 19.3. The molecule has 3 nitrogen and oxygen atoms in total. The highest BCUT2D eigenvalue weighted by molar-refractivity contribution is 5.07. The molecule has 2 N–H and O–H groups in total. The quantitative estimate of drug-likeness (QED) is 0.833. The van der Waals surface area contributed by atoms with Crippen molar-refractivity contribution in [3.8, 4) is 0 Å². The van der Waals surface area contributed by atoms with Crippen molar-refractivity contribution < 1.29 is 8.78 Å². The fraction of sp³-hybridized carbons (Fsp3) is 0.727. The van der Waals surface area contributed by atoms with E-state index in [1.165, 1.54) is 6.20 Å². The SMILES string of the molecule is CC(F)(F)c1cnc(CC2CCNCC2)[nH]1. The predicted octanol–water partition coefficient (Wildman–Crippen LogP) is 2.06. The lowest BCUT2D eigenvalue weighted by molar-refractivity contribution is 0.0130. The van der Waals surface area contributed by atoms with E-state index in [1.54, 1.807) is 0 Å². The summed E-state index contributed by atoms with van der Waals surface area (Å²) in [6.07, 6.45) is 4.21. The second-order valence-electron chi connectivity index (χ2n) is 4.53. The molecule has 0 spiro atoms. The van der Waals surface area contributed by atoms with E-state index in [-0.39, 0.29) is 5.69 Å². The number of alkyl halides is 2. The molecule has 0 amide bonds. The van der Waals surface area contributed by atoms with Crippen LogP contribution in [0.15, 0.2) is 6.20 Å².